The Balaban J connectivity index is 2.94. The van der Waals surface area contributed by atoms with E-state index in [0.717, 1.165) is 0 Å². The average Bonchev–Trinajstić information content (AvgIpc) is 2.57. The minimum Gasteiger partial charge on any atom is -0.480 e. The van der Waals surface area contributed by atoms with Crippen molar-refractivity contribution in [3.63, 3.8) is 0 Å². The fourth-order valence-corrected chi connectivity index (χ4v) is 2.09. The van der Waals surface area contributed by atoms with Gasteiger partial charge in [-0.25, -0.2) is 9.59 Å². The molecule has 7 heteroatoms. The number of carbonyl (C=O) groups excluding carboxylic acids is 3. The molecule has 140 valence electrons. The molecule has 0 saturated carbocycles. The van der Waals surface area contributed by atoms with Crippen LogP contribution in [0.1, 0.15) is 36.7 Å². The van der Waals surface area contributed by atoms with Gasteiger partial charge in [-0.2, -0.15) is 0 Å². The second-order valence-electron chi connectivity index (χ2n) is 6.41. The molecule has 1 aromatic rings. The molecule has 0 aromatic heterocycles. The van der Waals surface area contributed by atoms with Crippen LogP contribution in [0.2, 0.25) is 0 Å². The van der Waals surface area contributed by atoms with Gasteiger partial charge in [-0.15, -0.1) is 6.42 Å². The summed E-state index contributed by atoms with van der Waals surface area (Å²) in [5.74, 6) is 2.03. The van der Waals surface area contributed by atoms with Gasteiger partial charge in [-0.3, -0.25) is 4.79 Å². The van der Waals surface area contributed by atoms with E-state index in [1.165, 1.54) is 7.11 Å². The molecular formula is C19H23NO6. The van der Waals surface area contributed by atoms with E-state index in [1.54, 1.807) is 39.0 Å². The maximum atomic E-state index is 12.0. The molecule has 1 amide bonds. The fourth-order valence-electron chi connectivity index (χ4n) is 2.09. The number of hydrogen-bond acceptors (Lipinski definition) is 6. The zero-order valence-corrected chi connectivity index (χ0v) is 15.3. The third-order valence-electron chi connectivity index (χ3n) is 3.13. The number of aldehydes is 1. The highest BCUT2D eigenvalue weighted by atomic mass is 16.6. The molecule has 0 unspecified atom stereocenters. The highest BCUT2D eigenvalue weighted by Gasteiger charge is 2.25. The number of terminal acetylenes is 1. The predicted molar refractivity (Wildman–Crippen MR) is 95.0 cm³/mol. The smallest absolute Gasteiger partial charge is 0.408 e. The second-order valence-corrected chi connectivity index (χ2v) is 6.41. The van der Waals surface area contributed by atoms with Crippen LogP contribution in [0.15, 0.2) is 18.2 Å². The van der Waals surface area contributed by atoms with E-state index < -0.39 is 23.7 Å². The fraction of sp³-hybridized carbons (Fsp3) is 0.421. The Kier molecular flexibility index (Phi) is 7.66. The number of benzene rings is 1. The molecule has 0 saturated heterocycles. The zero-order chi connectivity index (χ0) is 19.7. The quantitative estimate of drug-likeness (QED) is 0.454. The highest BCUT2D eigenvalue weighted by Crippen LogP contribution is 2.20. The van der Waals surface area contributed by atoms with Gasteiger partial charge in [-0.05, 0) is 38.5 Å². The molecule has 0 aliphatic rings. The number of alkyl carbamates (subject to hydrolysis) is 1. The van der Waals surface area contributed by atoms with Crippen LogP contribution < -0.4 is 10.1 Å². The lowest BCUT2D eigenvalue weighted by atomic mass is 10.0. The highest BCUT2D eigenvalue weighted by molar-refractivity contribution is 5.82. The first-order valence-electron chi connectivity index (χ1n) is 7.92. The molecule has 1 aromatic carbocycles. The van der Waals surface area contributed by atoms with E-state index in [0.29, 0.717) is 23.2 Å². The SMILES string of the molecule is C#CCOc1ccc(C[C@H](NC(=O)OC(C)(C)C)C(=O)OC)cc1C=O. The molecule has 0 spiro atoms. The monoisotopic (exact) mass is 361 g/mol. The van der Waals surface area contributed by atoms with Gasteiger partial charge in [0, 0.05) is 6.42 Å². The molecule has 0 fully saturated rings. The molecule has 1 rings (SSSR count). The van der Waals surface area contributed by atoms with Gasteiger partial charge in [-0.1, -0.05) is 12.0 Å². The number of amides is 1. The number of ether oxygens (including phenoxy) is 3. The Labute approximate surface area is 153 Å². The normalized spacial score (nSPS) is 11.7. The van der Waals surface area contributed by atoms with Crippen molar-refractivity contribution in [2.45, 2.75) is 38.8 Å². The van der Waals surface area contributed by atoms with Gasteiger partial charge in [0.1, 0.15) is 24.0 Å². The summed E-state index contributed by atoms with van der Waals surface area (Å²) in [6.45, 7) is 5.17. The first-order valence-corrected chi connectivity index (χ1v) is 7.92. The van der Waals surface area contributed by atoms with Crippen molar-refractivity contribution in [1.29, 1.82) is 0 Å². The Morgan fingerprint density at radius 2 is 2.04 bits per heavy atom. The Hall–Kier alpha value is -3.01. The molecular weight excluding hydrogens is 338 g/mol. The molecule has 0 bridgehead atoms. The third-order valence-corrected chi connectivity index (χ3v) is 3.13. The minimum absolute atomic E-state index is 0.0329. The lowest BCUT2D eigenvalue weighted by molar-refractivity contribution is -0.143. The van der Waals surface area contributed by atoms with Crippen molar-refractivity contribution in [3.8, 4) is 18.1 Å². The van der Waals surface area contributed by atoms with Crippen LogP contribution in [0.4, 0.5) is 4.79 Å². The van der Waals surface area contributed by atoms with Crippen LogP contribution in [0.3, 0.4) is 0 Å². The van der Waals surface area contributed by atoms with Crippen molar-refractivity contribution in [2.24, 2.45) is 0 Å². The van der Waals surface area contributed by atoms with Crippen molar-refractivity contribution in [2.75, 3.05) is 13.7 Å². The first-order chi connectivity index (χ1) is 12.2. The van der Waals surface area contributed by atoms with Crippen molar-refractivity contribution in [3.05, 3.63) is 29.3 Å². The maximum absolute atomic E-state index is 12.0. The molecule has 0 aliphatic carbocycles. The number of nitrogens with one attached hydrogen (secondary N) is 1. The maximum Gasteiger partial charge on any atom is 0.408 e. The summed E-state index contributed by atoms with van der Waals surface area (Å²) in [7, 11) is 1.22. The van der Waals surface area contributed by atoms with E-state index in [-0.39, 0.29) is 13.0 Å². The van der Waals surface area contributed by atoms with Crippen LogP contribution in [-0.4, -0.2) is 43.7 Å². The molecule has 1 atom stereocenters. The number of carbonyl (C=O) groups is 3. The van der Waals surface area contributed by atoms with E-state index in [9.17, 15) is 14.4 Å². The molecule has 0 aliphatic heterocycles. The van der Waals surface area contributed by atoms with Gasteiger partial charge in [0.05, 0.1) is 12.7 Å². The lowest BCUT2D eigenvalue weighted by Gasteiger charge is -2.22. The summed E-state index contributed by atoms with van der Waals surface area (Å²) in [6, 6.07) is 3.85. The van der Waals surface area contributed by atoms with Gasteiger partial charge in [0.2, 0.25) is 0 Å². The largest absolute Gasteiger partial charge is 0.480 e. The first kappa shape index (κ1) is 21.0. The predicted octanol–water partition coefficient (Wildman–Crippen LogP) is 2.12. The van der Waals surface area contributed by atoms with Crippen LogP contribution in [-0.2, 0) is 20.7 Å². The third kappa shape index (κ3) is 6.85. The molecule has 0 radical (unpaired) electrons. The van der Waals surface area contributed by atoms with Crippen molar-refractivity contribution in [1.82, 2.24) is 5.32 Å². The van der Waals surface area contributed by atoms with E-state index >= 15 is 0 Å². The second kappa shape index (κ2) is 9.47. The number of hydrogen-bond donors (Lipinski definition) is 1. The van der Waals surface area contributed by atoms with Gasteiger partial charge < -0.3 is 19.5 Å². The van der Waals surface area contributed by atoms with E-state index in [1.807, 2.05) is 0 Å². The molecule has 1 N–H and O–H groups in total. The minimum atomic E-state index is -0.966. The van der Waals surface area contributed by atoms with E-state index in [4.69, 9.17) is 20.6 Å². The standard InChI is InChI=1S/C19H23NO6/c1-6-9-25-16-8-7-13(10-14(16)12-21)11-15(17(22)24-5)20-18(23)26-19(2,3)4/h1,7-8,10,12,15H,9,11H2,2-5H3,(H,20,23)/t15-/m0/s1. The average molecular weight is 361 g/mol. The summed E-state index contributed by atoms with van der Waals surface area (Å²) in [5, 5.41) is 2.48. The van der Waals surface area contributed by atoms with Crippen LogP contribution >= 0.6 is 0 Å². The van der Waals surface area contributed by atoms with Gasteiger partial charge in [0.15, 0.2) is 6.29 Å². The lowest BCUT2D eigenvalue weighted by Crippen LogP contribution is -2.45. The van der Waals surface area contributed by atoms with Crippen LogP contribution in [0, 0.1) is 12.3 Å². The van der Waals surface area contributed by atoms with E-state index in [2.05, 4.69) is 11.2 Å². The molecule has 7 nitrogen and oxygen atoms in total. The Morgan fingerprint density at radius 3 is 2.58 bits per heavy atom. The summed E-state index contributed by atoms with van der Waals surface area (Å²) in [6.07, 6.45) is 5.14. The Bertz CT molecular complexity index is 699. The molecule has 0 heterocycles. The van der Waals surface area contributed by atoms with Crippen molar-refractivity contribution >= 4 is 18.3 Å². The van der Waals surface area contributed by atoms with Gasteiger partial charge >= 0.3 is 12.1 Å². The number of esters is 1. The summed E-state index contributed by atoms with van der Waals surface area (Å²) >= 11 is 0. The summed E-state index contributed by atoms with van der Waals surface area (Å²) in [4.78, 5) is 35.2. The summed E-state index contributed by atoms with van der Waals surface area (Å²) in [5.41, 5.74) is 0.219. The van der Waals surface area contributed by atoms with Gasteiger partial charge in [0.25, 0.3) is 0 Å². The Morgan fingerprint density at radius 1 is 1.35 bits per heavy atom. The van der Waals surface area contributed by atoms with Crippen LogP contribution in [0.25, 0.3) is 0 Å². The number of rotatable bonds is 7. The summed E-state index contributed by atoms with van der Waals surface area (Å²) < 4.78 is 15.2. The number of methoxy groups -OCH3 is 1. The van der Waals surface area contributed by atoms with Crippen molar-refractivity contribution < 1.29 is 28.6 Å². The molecule has 26 heavy (non-hydrogen) atoms. The van der Waals surface area contributed by atoms with Crippen LogP contribution in [0.5, 0.6) is 5.75 Å². The topological polar surface area (TPSA) is 90.9 Å². The zero-order valence-electron chi connectivity index (χ0n) is 15.3.